The molecule has 6 rings (SSSR count). The van der Waals surface area contributed by atoms with E-state index in [2.05, 4.69) is 9.97 Å². The van der Waals surface area contributed by atoms with Gasteiger partial charge in [-0.25, -0.2) is 17.8 Å². The molecular formula is C26H22F2N4O5S. The lowest BCUT2D eigenvalue weighted by atomic mass is 9.75. The predicted octanol–water partition coefficient (Wildman–Crippen LogP) is 4.16. The van der Waals surface area contributed by atoms with Crippen molar-refractivity contribution < 1.29 is 31.8 Å². The molecule has 2 heterocycles. The summed E-state index contributed by atoms with van der Waals surface area (Å²) in [6.07, 6.45) is 2.24. The van der Waals surface area contributed by atoms with Crippen molar-refractivity contribution >= 4 is 32.8 Å². The molecule has 2 fully saturated rings. The molecule has 0 bridgehead atoms. The van der Waals surface area contributed by atoms with E-state index >= 15 is 8.78 Å². The van der Waals surface area contributed by atoms with Gasteiger partial charge in [-0.05, 0) is 48.9 Å². The number of hydrogen-bond donors (Lipinski definition) is 3. The Hall–Kier alpha value is -4.03. The van der Waals surface area contributed by atoms with E-state index in [1.54, 1.807) is 37.3 Å². The number of aromatic amines is 1. The molecule has 1 aliphatic carbocycles. The molecule has 9 nitrogen and oxygen atoms in total. The largest absolute Gasteiger partial charge is 0.425 e. The number of rotatable bonds is 5. The first-order valence-electron chi connectivity index (χ1n) is 11.9. The number of benzene rings is 3. The standard InChI is InChI=1S/C26H22F2N4O5S/c1-14-3-8-17(32-13-21(33)31-38(32,35)36)11-20(14)37-25-29-19-12-18(27)22(23(28)24(19)30-25)15-4-6-16(7-5-15)26(34)9-2-10-26/h3-8,11-12,34H,2,9-10,13H2,1H3,(H,29,30)(H,31,33). The van der Waals surface area contributed by atoms with Gasteiger partial charge in [-0.2, -0.15) is 13.4 Å². The molecule has 196 valence electrons. The smallest absolute Gasteiger partial charge is 0.326 e. The van der Waals surface area contributed by atoms with Gasteiger partial charge in [-0.3, -0.25) is 4.79 Å². The fraction of sp³-hybridized carbons (Fsp3) is 0.231. The summed E-state index contributed by atoms with van der Waals surface area (Å²) < 4.78 is 63.5. The van der Waals surface area contributed by atoms with Crippen molar-refractivity contribution in [3.8, 4) is 22.9 Å². The van der Waals surface area contributed by atoms with Crippen molar-refractivity contribution in [3.63, 3.8) is 0 Å². The van der Waals surface area contributed by atoms with Crippen molar-refractivity contribution in [2.24, 2.45) is 0 Å². The number of hydrogen-bond acceptors (Lipinski definition) is 6. The molecule has 1 aliphatic heterocycles. The van der Waals surface area contributed by atoms with Gasteiger partial charge in [0.25, 0.3) is 11.9 Å². The minimum atomic E-state index is -4.01. The molecule has 1 amide bonds. The third-order valence-electron chi connectivity index (χ3n) is 7.03. The number of amides is 1. The van der Waals surface area contributed by atoms with Crippen molar-refractivity contribution in [3.05, 3.63) is 71.3 Å². The monoisotopic (exact) mass is 540 g/mol. The van der Waals surface area contributed by atoms with Crippen LogP contribution < -0.4 is 13.8 Å². The number of H-pyrrole nitrogens is 1. The molecule has 0 atom stereocenters. The molecule has 2 aliphatic rings. The highest BCUT2D eigenvalue weighted by atomic mass is 32.2. The van der Waals surface area contributed by atoms with Gasteiger partial charge in [-0.15, -0.1) is 0 Å². The van der Waals surface area contributed by atoms with Crippen LogP contribution in [0.1, 0.15) is 30.4 Å². The molecule has 1 aromatic heterocycles. The number of ether oxygens (including phenoxy) is 1. The number of carbonyl (C=O) groups is 1. The van der Waals surface area contributed by atoms with E-state index in [1.807, 2.05) is 4.72 Å². The quantitative estimate of drug-likeness (QED) is 0.349. The zero-order chi connectivity index (χ0) is 26.8. The Balaban J connectivity index is 1.33. The van der Waals surface area contributed by atoms with Crippen molar-refractivity contribution in [1.82, 2.24) is 14.7 Å². The maximum atomic E-state index is 15.5. The Morgan fingerprint density at radius 3 is 2.47 bits per heavy atom. The summed E-state index contributed by atoms with van der Waals surface area (Å²) in [5.74, 6) is -2.12. The maximum absolute atomic E-state index is 15.5. The second kappa shape index (κ2) is 8.50. The fourth-order valence-electron chi connectivity index (χ4n) is 4.75. The number of carbonyl (C=O) groups excluding carboxylic acids is 1. The summed E-state index contributed by atoms with van der Waals surface area (Å²) in [5.41, 5.74) is 0.627. The molecular weight excluding hydrogens is 518 g/mol. The van der Waals surface area contributed by atoms with Crippen LogP contribution in [0, 0.1) is 18.6 Å². The Morgan fingerprint density at radius 1 is 1.11 bits per heavy atom. The van der Waals surface area contributed by atoms with Gasteiger partial charge < -0.3 is 14.8 Å². The first-order chi connectivity index (χ1) is 18.0. The van der Waals surface area contributed by atoms with E-state index in [0.29, 0.717) is 29.5 Å². The lowest BCUT2D eigenvalue weighted by molar-refractivity contribution is -0.117. The van der Waals surface area contributed by atoms with Crippen LogP contribution in [0.4, 0.5) is 14.5 Å². The first-order valence-corrected chi connectivity index (χ1v) is 13.3. The highest BCUT2D eigenvalue weighted by Crippen LogP contribution is 2.42. The molecule has 38 heavy (non-hydrogen) atoms. The second-order valence-electron chi connectivity index (χ2n) is 9.54. The van der Waals surface area contributed by atoms with E-state index in [-0.39, 0.29) is 40.6 Å². The van der Waals surface area contributed by atoms with E-state index in [1.165, 1.54) is 12.1 Å². The molecule has 0 spiro atoms. The number of halogens is 2. The van der Waals surface area contributed by atoms with Gasteiger partial charge in [0.05, 0.1) is 22.4 Å². The minimum Gasteiger partial charge on any atom is -0.425 e. The van der Waals surface area contributed by atoms with Crippen LogP contribution in [0.25, 0.3) is 22.2 Å². The van der Waals surface area contributed by atoms with E-state index in [4.69, 9.17) is 4.74 Å². The predicted molar refractivity (Wildman–Crippen MR) is 135 cm³/mol. The highest BCUT2D eigenvalue weighted by Gasteiger charge is 2.36. The van der Waals surface area contributed by atoms with Crippen molar-refractivity contribution in [2.75, 3.05) is 10.8 Å². The van der Waals surface area contributed by atoms with Crippen LogP contribution >= 0.6 is 0 Å². The molecule has 3 aromatic carbocycles. The molecule has 0 radical (unpaired) electrons. The number of imidazole rings is 1. The molecule has 0 unspecified atom stereocenters. The van der Waals surface area contributed by atoms with Gasteiger partial charge >= 0.3 is 10.2 Å². The summed E-state index contributed by atoms with van der Waals surface area (Å²) in [4.78, 5) is 18.5. The second-order valence-corrected chi connectivity index (χ2v) is 11.1. The summed E-state index contributed by atoms with van der Waals surface area (Å²) in [7, 11) is -4.01. The fourth-order valence-corrected chi connectivity index (χ4v) is 5.89. The molecule has 1 saturated carbocycles. The van der Waals surface area contributed by atoms with Crippen LogP contribution in [0.15, 0.2) is 48.5 Å². The maximum Gasteiger partial charge on any atom is 0.326 e. The number of fused-ring (bicyclic) bond motifs is 1. The lowest BCUT2D eigenvalue weighted by Crippen LogP contribution is -2.33. The van der Waals surface area contributed by atoms with Gasteiger partial charge in [0.15, 0.2) is 5.82 Å². The molecule has 3 N–H and O–H groups in total. The zero-order valence-electron chi connectivity index (χ0n) is 20.1. The zero-order valence-corrected chi connectivity index (χ0v) is 20.9. The first kappa shape index (κ1) is 24.3. The van der Waals surface area contributed by atoms with Crippen molar-refractivity contribution in [2.45, 2.75) is 31.8 Å². The Bertz CT molecular complexity index is 1720. The molecule has 12 heteroatoms. The third-order valence-corrected chi connectivity index (χ3v) is 8.43. The summed E-state index contributed by atoms with van der Waals surface area (Å²) in [6.45, 7) is 1.34. The van der Waals surface area contributed by atoms with E-state index in [9.17, 15) is 18.3 Å². The number of nitrogens with one attached hydrogen (secondary N) is 2. The number of aliphatic hydroxyl groups is 1. The Kier molecular flexibility index (Phi) is 5.44. The summed E-state index contributed by atoms with van der Waals surface area (Å²) in [6, 6.07) is 12.0. The molecule has 1 saturated heterocycles. The normalized spacial score (nSPS) is 17.9. The van der Waals surface area contributed by atoms with Crippen LogP contribution in [0.3, 0.4) is 0 Å². The summed E-state index contributed by atoms with van der Waals surface area (Å²) >= 11 is 0. The van der Waals surface area contributed by atoms with Crippen molar-refractivity contribution in [1.29, 1.82) is 0 Å². The Morgan fingerprint density at radius 2 is 1.84 bits per heavy atom. The van der Waals surface area contributed by atoms with Gasteiger partial charge in [-0.1, -0.05) is 30.3 Å². The SMILES string of the molecule is Cc1ccc(N2CC(=O)NS2(=O)=O)cc1Oc1nc2c(F)c(-c3ccc(C4(O)CCC4)cc3)c(F)cc2[nH]1. The Labute approximate surface area is 216 Å². The van der Waals surface area contributed by atoms with Crippen LogP contribution in [-0.4, -0.2) is 35.9 Å². The van der Waals surface area contributed by atoms with Gasteiger partial charge in [0, 0.05) is 12.1 Å². The van der Waals surface area contributed by atoms with Gasteiger partial charge in [0.1, 0.15) is 23.6 Å². The summed E-state index contributed by atoms with van der Waals surface area (Å²) in [5, 5.41) is 10.5. The number of anilines is 1. The number of aromatic nitrogens is 2. The van der Waals surface area contributed by atoms with E-state index < -0.39 is 33.4 Å². The third kappa shape index (κ3) is 3.96. The number of nitrogens with zero attached hydrogens (tertiary/aromatic N) is 2. The topological polar surface area (TPSA) is 125 Å². The average molecular weight is 541 g/mol. The minimum absolute atomic E-state index is 0.0740. The number of aryl methyl sites for hydroxylation is 1. The van der Waals surface area contributed by atoms with Crippen LogP contribution in [0.5, 0.6) is 11.8 Å². The van der Waals surface area contributed by atoms with Gasteiger partial charge in [0.2, 0.25) is 0 Å². The van der Waals surface area contributed by atoms with E-state index in [0.717, 1.165) is 16.8 Å². The molecule has 4 aromatic rings. The van der Waals surface area contributed by atoms with Crippen LogP contribution in [0.2, 0.25) is 0 Å². The highest BCUT2D eigenvalue weighted by molar-refractivity contribution is 7.92. The average Bonchev–Trinajstić information content (AvgIpc) is 3.37. The lowest BCUT2D eigenvalue weighted by Gasteiger charge is -2.37. The van der Waals surface area contributed by atoms with Crippen LogP contribution in [-0.2, 0) is 20.6 Å².